The Hall–Kier alpha value is -1.96. The molecule has 0 atom stereocenters. The second-order valence-corrected chi connectivity index (χ2v) is 4.47. The molecule has 0 saturated carbocycles. The molecular formula is C9H11N5O2S. The van der Waals surface area contributed by atoms with Gasteiger partial charge in [0.25, 0.3) is 0 Å². The number of rotatable bonds is 4. The first kappa shape index (κ1) is 11.5. The summed E-state index contributed by atoms with van der Waals surface area (Å²) < 4.78 is 1.58. The Morgan fingerprint density at radius 2 is 2.29 bits per heavy atom. The highest BCUT2D eigenvalue weighted by Crippen LogP contribution is 2.29. The molecule has 0 fully saturated rings. The van der Waals surface area contributed by atoms with Crippen molar-refractivity contribution in [3.05, 3.63) is 22.5 Å². The highest BCUT2D eigenvalue weighted by molar-refractivity contribution is 7.18. The molecule has 2 rings (SSSR count). The molecule has 0 aliphatic carbocycles. The minimum atomic E-state index is -0.434. The lowest BCUT2D eigenvalue weighted by Gasteiger charge is -2.00. The van der Waals surface area contributed by atoms with Crippen LogP contribution < -0.4 is 5.73 Å². The third kappa shape index (κ3) is 2.11. The van der Waals surface area contributed by atoms with Gasteiger partial charge in [0.1, 0.15) is 11.1 Å². The van der Waals surface area contributed by atoms with Crippen LogP contribution in [-0.2, 0) is 6.54 Å². The maximum Gasteiger partial charge on any atom is 0.343 e. The molecule has 0 aliphatic heterocycles. The smallest absolute Gasteiger partial charge is 0.343 e. The van der Waals surface area contributed by atoms with Gasteiger partial charge in [-0.25, -0.2) is 14.5 Å². The van der Waals surface area contributed by atoms with Crippen molar-refractivity contribution in [1.29, 1.82) is 0 Å². The Bertz CT molecular complexity index is 547. The van der Waals surface area contributed by atoms with E-state index in [0.717, 1.165) is 11.3 Å². The lowest BCUT2D eigenvalue weighted by Crippen LogP contribution is -2.03. The van der Waals surface area contributed by atoms with Crippen LogP contribution in [0.3, 0.4) is 0 Å². The number of aromatic nitrogens is 3. The maximum absolute atomic E-state index is 10.9. The molecule has 0 aliphatic rings. The number of hydrogen-bond acceptors (Lipinski definition) is 6. The molecule has 17 heavy (non-hydrogen) atoms. The number of anilines is 1. The van der Waals surface area contributed by atoms with Gasteiger partial charge in [-0.2, -0.15) is 0 Å². The van der Waals surface area contributed by atoms with E-state index in [1.54, 1.807) is 10.8 Å². The summed E-state index contributed by atoms with van der Waals surface area (Å²) in [6.07, 6.45) is 3.64. The molecule has 2 N–H and O–H groups in total. The van der Waals surface area contributed by atoms with Crippen LogP contribution >= 0.6 is 11.3 Å². The Morgan fingerprint density at radius 3 is 2.82 bits per heavy atom. The fourth-order valence-corrected chi connectivity index (χ4v) is 2.23. The number of nitrogens with two attached hydrogens (primary N) is 1. The van der Waals surface area contributed by atoms with Crippen LogP contribution in [0.15, 0.2) is 12.4 Å². The van der Waals surface area contributed by atoms with Gasteiger partial charge >= 0.3 is 5.82 Å². The van der Waals surface area contributed by atoms with Crippen molar-refractivity contribution >= 4 is 22.3 Å². The van der Waals surface area contributed by atoms with Crippen LogP contribution in [0.2, 0.25) is 0 Å². The van der Waals surface area contributed by atoms with E-state index in [1.807, 2.05) is 6.92 Å². The standard InChI is InChI=1S/C9H11N5O2S/c1-2-3-13-7(14(15)16)5-11-8(13)6-4-12-9(10)17-6/h4-5H,2-3H2,1H3,(H2,10,12). The predicted octanol–water partition coefficient (Wildman–Crippen LogP) is 1.91. The third-order valence-corrected chi connectivity index (χ3v) is 3.04. The summed E-state index contributed by atoms with van der Waals surface area (Å²) in [5, 5.41) is 11.3. The molecule has 0 spiro atoms. The second-order valence-electron chi connectivity index (χ2n) is 3.41. The van der Waals surface area contributed by atoms with Crippen molar-refractivity contribution < 1.29 is 4.92 Å². The average Bonchev–Trinajstić information content (AvgIpc) is 2.85. The minimum absolute atomic E-state index is 0.00572. The fourth-order valence-electron chi connectivity index (χ4n) is 1.54. The summed E-state index contributed by atoms with van der Waals surface area (Å²) in [6, 6.07) is 0. The summed E-state index contributed by atoms with van der Waals surface area (Å²) in [6.45, 7) is 2.50. The van der Waals surface area contributed by atoms with Crippen molar-refractivity contribution in [1.82, 2.24) is 14.5 Å². The molecule has 0 unspecified atom stereocenters. The lowest BCUT2D eigenvalue weighted by molar-refractivity contribution is -0.392. The van der Waals surface area contributed by atoms with Crippen LogP contribution in [0.1, 0.15) is 13.3 Å². The molecule has 0 radical (unpaired) electrons. The highest BCUT2D eigenvalue weighted by Gasteiger charge is 2.22. The first-order valence-electron chi connectivity index (χ1n) is 5.05. The molecule has 2 aromatic heterocycles. The second kappa shape index (κ2) is 4.50. The van der Waals surface area contributed by atoms with Gasteiger partial charge in [-0.05, 0) is 11.3 Å². The predicted molar refractivity (Wildman–Crippen MR) is 64.7 cm³/mol. The normalized spacial score (nSPS) is 10.6. The first-order chi connectivity index (χ1) is 8.13. The van der Waals surface area contributed by atoms with E-state index in [-0.39, 0.29) is 5.82 Å². The van der Waals surface area contributed by atoms with Crippen LogP contribution in [0, 0.1) is 10.1 Å². The number of nitrogen functional groups attached to an aromatic ring is 1. The summed E-state index contributed by atoms with van der Waals surface area (Å²) in [5.41, 5.74) is 5.54. The molecular weight excluding hydrogens is 242 g/mol. The van der Waals surface area contributed by atoms with E-state index >= 15 is 0 Å². The third-order valence-electron chi connectivity index (χ3n) is 2.21. The van der Waals surface area contributed by atoms with Gasteiger partial charge in [0.05, 0.1) is 12.7 Å². The van der Waals surface area contributed by atoms with Crippen molar-refractivity contribution in [3.63, 3.8) is 0 Å². The van der Waals surface area contributed by atoms with Crippen LogP contribution in [0.4, 0.5) is 10.9 Å². The van der Waals surface area contributed by atoms with Crippen LogP contribution in [-0.4, -0.2) is 19.5 Å². The van der Waals surface area contributed by atoms with Crippen molar-refractivity contribution in [2.45, 2.75) is 19.9 Å². The first-order valence-corrected chi connectivity index (χ1v) is 5.86. The Balaban J connectivity index is 2.50. The maximum atomic E-state index is 10.9. The van der Waals surface area contributed by atoms with Crippen LogP contribution in [0.25, 0.3) is 10.7 Å². The number of imidazole rings is 1. The van der Waals surface area contributed by atoms with Gasteiger partial charge in [0.15, 0.2) is 5.13 Å². The van der Waals surface area contributed by atoms with E-state index in [0.29, 0.717) is 17.5 Å². The molecule has 7 nitrogen and oxygen atoms in total. The zero-order chi connectivity index (χ0) is 12.4. The number of nitro groups is 1. The quantitative estimate of drug-likeness (QED) is 0.662. The molecule has 2 heterocycles. The Kier molecular flexibility index (Phi) is 3.05. The summed E-state index contributed by atoms with van der Waals surface area (Å²) in [5.74, 6) is 0.543. The molecule has 2 aromatic rings. The Morgan fingerprint density at radius 1 is 1.53 bits per heavy atom. The molecule has 0 bridgehead atoms. The van der Waals surface area contributed by atoms with Gasteiger partial charge < -0.3 is 15.8 Å². The largest absolute Gasteiger partial charge is 0.375 e. The SMILES string of the molecule is CCCn1c([N+](=O)[O-])cnc1-c1cnc(N)s1. The van der Waals surface area contributed by atoms with Gasteiger partial charge in [-0.1, -0.05) is 18.3 Å². The van der Waals surface area contributed by atoms with Crippen LogP contribution in [0.5, 0.6) is 0 Å². The summed E-state index contributed by atoms with van der Waals surface area (Å²) in [7, 11) is 0. The van der Waals surface area contributed by atoms with Gasteiger partial charge in [-0.3, -0.25) is 0 Å². The number of nitrogens with zero attached hydrogens (tertiary/aromatic N) is 4. The van der Waals surface area contributed by atoms with Crippen molar-refractivity contribution in [2.24, 2.45) is 0 Å². The molecule has 0 saturated heterocycles. The van der Waals surface area contributed by atoms with Gasteiger partial charge in [0, 0.05) is 0 Å². The van der Waals surface area contributed by atoms with E-state index in [9.17, 15) is 10.1 Å². The molecule has 8 heteroatoms. The molecule has 0 amide bonds. The van der Waals surface area contributed by atoms with E-state index < -0.39 is 4.92 Å². The van der Waals surface area contributed by atoms with E-state index in [1.165, 1.54) is 17.5 Å². The fraction of sp³-hybridized carbons (Fsp3) is 0.333. The number of hydrogen-bond donors (Lipinski definition) is 1. The van der Waals surface area contributed by atoms with Gasteiger partial charge in [-0.15, -0.1) is 0 Å². The Labute approximate surface area is 101 Å². The highest BCUT2D eigenvalue weighted by atomic mass is 32.1. The molecule has 0 aromatic carbocycles. The topological polar surface area (TPSA) is 99.9 Å². The average molecular weight is 253 g/mol. The van der Waals surface area contributed by atoms with Crippen molar-refractivity contribution in [3.8, 4) is 10.7 Å². The van der Waals surface area contributed by atoms with E-state index in [2.05, 4.69) is 9.97 Å². The number of thiazole rings is 1. The zero-order valence-electron chi connectivity index (χ0n) is 9.16. The van der Waals surface area contributed by atoms with Crippen molar-refractivity contribution in [2.75, 3.05) is 5.73 Å². The van der Waals surface area contributed by atoms with E-state index in [4.69, 9.17) is 5.73 Å². The van der Waals surface area contributed by atoms with Gasteiger partial charge in [0.2, 0.25) is 5.82 Å². The monoisotopic (exact) mass is 253 g/mol. The molecule has 90 valence electrons. The lowest BCUT2D eigenvalue weighted by atomic mass is 10.4. The summed E-state index contributed by atoms with van der Waals surface area (Å²) in [4.78, 5) is 19.2. The summed E-state index contributed by atoms with van der Waals surface area (Å²) >= 11 is 1.27. The minimum Gasteiger partial charge on any atom is -0.375 e. The zero-order valence-corrected chi connectivity index (χ0v) is 9.98.